The summed E-state index contributed by atoms with van der Waals surface area (Å²) in [4.78, 5) is 14.5. The molecule has 0 saturated carbocycles. The van der Waals surface area contributed by atoms with Gasteiger partial charge in [-0.15, -0.1) is 0 Å². The third-order valence-electron chi connectivity index (χ3n) is 4.97. The van der Waals surface area contributed by atoms with Crippen LogP contribution in [0, 0.1) is 5.92 Å². The van der Waals surface area contributed by atoms with Gasteiger partial charge in [0, 0.05) is 6.04 Å². The number of likely N-dealkylation sites (tertiary alicyclic amines) is 1. The Labute approximate surface area is 124 Å². The second-order valence-electron chi connectivity index (χ2n) is 6.37. The van der Waals surface area contributed by atoms with Crippen molar-refractivity contribution >= 4 is 5.97 Å². The number of hydrogen-bond donors (Lipinski definition) is 1. The summed E-state index contributed by atoms with van der Waals surface area (Å²) in [5, 5.41) is 3.13. The number of nitrogens with zero attached hydrogens (tertiary/aromatic N) is 1. The Morgan fingerprint density at radius 1 is 1.45 bits per heavy atom. The van der Waals surface area contributed by atoms with Crippen molar-refractivity contribution in [2.24, 2.45) is 5.92 Å². The maximum Gasteiger partial charge on any atom is 0.325 e. The molecule has 1 heterocycles. The summed E-state index contributed by atoms with van der Waals surface area (Å²) in [5.74, 6) is 0.705. The number of carbonyl (C=O) groups excluding carboxylic acids is 1. The normalized spacial score (nSPS) is 25.6. The smallest absolute Gasteiger partial charge is 0.325 e. The van der Waals surface area contributed by atoms with Gasteiger partial charge in [0.25, 0.3) is 0 Å². The van der Waals surface area contributed by atoms with Crippen LogP contribution in [-0.4, -0.2) is 49.7 Å². The summed E-state index contributed by atoms with van der Waals surface area (Å²) < 4.78 is 4.93. The summed E-state index contributed by atoms with van der Waals surface area (Å²) in [7, 11) is 3.29. The van der Waals surface area contributed by atoms with Crippen molar-refractivity contribution in [3.8, 4) is 0 Å². The third-order valence-corrected chi connectivity index (χ3v) is 4.97. The lowest BCUT2D eigenvalue weighted by Crippen LogP contribution is -2.52. The van der Waals surface area contributed by atoms with E-state index in [1.165, 1.54) is 32.8 Å². The van der Waals surface area contributed by atoms with Gasteiger partial charge in [0.15, 0.2) is 0 Å². The van der Waals surface area contributed by atoms with E-state index in [9.17, 15) is 4.79 Å². The molecular formula is C16H32N2O2. The molecule has 1 aliphatic heterocycles. The molecule has 0 radical (unpaired) electrons. The lowest BCUT2D eigenvalue weighted by molar-refractivity contribution is -0.148. The predicted molar refractivity (Wildman–Crippen MR) is 82.8 cm³/mol. The zero-order valence-corrected chi connectivity index (χ0v) is 13.9. The van der Waals surface area contributed by atoms with Gasteiger partial charge in [0.1, 0.15) is 5.54 Å². The van der Waals surface area contributed by atoms with Crippen LogP contribution < -0.4 is 5.32 Å². The second kappa shape index (κ2) is 7.99. The van der Waals surface area contributed by atoms with E-state index in [2.05, 4.69) is 24.1 Å². The first-order chi connectivity index (χ1) is 9.46. The van der Waals surface area contributed by atoms with Crippen LogP contribution >= 0.6 is 0 Å². The molecule has 3 unspecified atom stereocenters. The minimum absolute atomic E-state index is 0.173. The third kappa shape index (κ3) is 4.45. The molecule has 1 aliphatic rings. The summed E-state index contributed by atoms with van der Waals surface area (Å²) in [6, 6.07) is 0.391. The van der Waals surface area contributed by atoms with Crippen molar-refractivity contribution in [2.75, 3.05) is 27.2 Å². The summed E-state index contributed by atoms with van der Waals surface area (Å²) >= 11 is 0. The molecule has 0 bridgehead atoms. The lowest BCUT2D eigenvalue weighted by Gasteiger charge is -2.35. The number of rotatable bonds is 6. The van der Waals surface area contributed by atoms with Crippen molar-refractivity contribution < 1.29 is 9.53 Å². The summed E-state index contributed by atoms with van der Waals surface area (Å²) in [6.07, 6.45) is 5.98. The van der Waals surface area contributed by atoms with Crippen molar-refractivity contribution in [2.45, 2.75) is 64.5 Å². The molecule has 0 aromatic heterocycles. The molecule has 4 nitrogen and oxygen atoms in total. The van der Waals surface area contributed by atoms with E-state index in [-0.39, 0.29) is 5.97 Å². The zero-order valence-electron chi connectivity index (χ0n) is 13.9. The molecule has 0 aromatic carbocycles. The quantitative estimate of drug-likeness (QED) is 0.761. The van der Waals surface area contributed by atoms with Gasteiger partial charge in [-0.3, -0.25) is 4.79 Å². The molecule has 118 valence electrons. The Kier molecular flexibility index (Phi) is 6.96. The number of ether oxygens (including phenoxy) is 1. The Morgan fingerprint density at radius 2 is 2.15 bits per heavy atom. The maximum atomic E-state index is 11.9. The second-order valence-corrected chi connectivity index (χ2v) is 6.37. The summed E-state index contributed by atoms with van der Waals surface area (Å²) in [6.45, 7) is 8.76. The van der Waals surface area contributed by atoms with E-state index in [0.29, 0.717) is 6.04 Å². The van der Waals surface area contributed by atoms with Gasteiger partial charge in [0.2, 0.25) is 0 Å². The highest BCUT2D eigenvalue weighted by Gasteiger charge is 2.35. The number of nitrogens with one attached hydrogen (secondary N) is 1. The van der Waals surface area contributed by atoms with Crippen LogP contribution in [0.3, 0.4) is 0 Å². The van der Waals surface area contributed by atoms with Crippen molar-refractivity contribution in [1.82, 2.24) is 10.2 Å². The minimum atomic E-state index is -0.593. The number of carbonyl (C=O) groups is 1. The number of hydrogen-bond acceptors (Lipinski definition) is 4. The van der Waals surface area contributed by atoms with Gasteiger partial charge in [-0.05, 0) is 65.6 Å². The molecule has 3 atom stereocenters. The van der Waals surface area contributed by atoms with Crippen molar-refractivity contribution in [3.63, 3.8) is 0 Å². The first-order valence-corrected chi connectivity index (χ1v) is 7.98. The molecule has 20 heavy (non-hydrogen) atoms. The number of methoxy groups -OCH3 is 1. The van der Waals surface area contributed by atoms with Crippen LogP contribution in [0.5, 0.6) is 0 Å². The molecule has 0 spiro atoms. The number of esters is 1. The van der Waals surface area contributed by atoms with E-state index < -0.39 is 5.54 Å². The fourth-order valence-electron chi connectivity index (χ4n) is 3.27. The predicted octanol–water partition coefficient (Wildman–Crippen LogP) is 2.43. The average molecular weight is 284 g/mol. The van der Waals surface area contributed by atoms with Crippen LogP contribution in [0.25, 0.3) is 0 Å². The largest absolute Gasteiger partial charge is 0.468 e. The topological polar surface area (TPSA) is 41.6 Å². The van der Waals surface area contributed by atoms with Gasteiger partial charge in [-0.25, -0.2) is 0 Å². The van der Waals surface area contributed by atoms with E-state index in [1.54, 1.807) is 0 Å². The van der Waals surface area contributed by atoms with Gasteiger partial charge in [-0.2, -0.15) is 0 Å². The van der Waals surface area contributed by atoms with Crippen LogP contribution in [0.4, 0.5) is 0 Å². The van der Waals surface area contributed by atoms with Gasteiger partial charge < -0.3 is 15.0 Å². The van der Waals surface area contributed by atoms with Gasteiger partial charge in [0.05, 0.1) is 7.11 Å². The molecule has 0 aromatic rings. The van der Waals surface area contributed by atoms with Crippen LogP contribution in [0.15, 0.2) is 0 Å². The van der Waals surface area contributed by atoms with Crippen LogP contribution in [-0.2, 0) is 9.53 Å². The molecule has 1 saturated heterocycles. The molecule has 0 aliphatic carbocycles. The van der Waals surface area contributed by atoms with E-state index in [1.807, 2.05) is 14.0 Å². The molecule has 4 heteroatoms. The molecule has 1 N–H and O–H groups in total. The highest BCUT2D eigenvalue weighted by molar-refractivity contribution is 5.80. The van der Waals surface area contributed by atoms with Crippen LogP contribution in [0.1, 0.15) is 52.9 Å². The SMILES string of the molecule is CCC1CCCN(C(C)CC(C)(NC)C(=O)OC)CC1. The molecule has 0 amide bonds. The zero-order chi connectivity index (χ0) is 15.2. The Hall–Kier alpha value is -0.610. The Balaban J connectivity index is 2.60. The standard InChI is InChI=1S/C16H32N2O2/c1-6-14-8-7-10-18(11-9-14)13(2)12-16(3,17-4)15(19)20-5/h13-14,17H,6-12H2,1-5H3. The Morgan fingerprint density at radius 3 is 2.70 bits per heavy atom. The van der Waals surface area contributed by atoms with Gasteiger partial charge in [-0.1, -0.05) is 13.3 Å². The van der Waals surface area contributed by atoms with Gasteiger partial charge >= 0.3 is 5.97 Å². The average Bonchev–Trinajstić information content (AvgIpc) is 2.71. The van der Waals surface area contributed by atoms with Crippen LogP contribution in [0.2, 0.25) is 0 Å². The summed E-state index contributed by atoms with van der Waals surface area (Å²) in [5.41, 5.74) is -0.593. The van der Waals surface area contributed by atoms with Crippen molar-refractivity contribution in [3.05, 3.63) is 0 Å². The fourth-order valence-corrected chi connectivity index (χ4v) is 3.27. The Bertz CT molecular complexity index is 309. The molecular weight excluding hydrogens is 252 g/mol. The van der Waals surface area contributed by atoms with E-state index in [0.717, 1.165) is 25.4 Å². The highest BCUT2D eigenvalue weighted by Crippen LogP contribution is 2.24. The van der Waals surface area contributed by atoms with Crippen molar-refractivity contribution in [1.29, 1.82) is 0 Å². The first kappa shape index (κ1) is 17.4. The number of likely N-dealkylation sites (N-methyl/N-ethyl adjacent to an activating group) is 1. The molecule has 1 fully saturated rings. The maximum absolute atomic E-state index is 11.9. The highest BCUT2D eigenvalue weighted by atomic mass is 16.5. The molecule has 1 rings (SSSR count). The minimum Gasteiger partial charge on any atom is -0.468 e. The monoisotopic (exact) mass is 284 g/mol. The first-order valence-electron chi connectivity index (χ1n) is 7.98. The lowest BCUT2D eigenvalue weighted by atomic mass is 9.93. The van der Waals surface area contributed by atoms with E-state index in [4.69, 9.17) is 4.74 Å². The fraction of sp³-hybridized carbons (Fsp3) is 0.938. The van der Waals surface area contributed by atoms with E-state index >= 15 is 0 Å².